The van der Waals surface area contributed by atoms with Crippen molar-refractivity contribution in [2.75, 3.05) is 0 Å². The van der Waals surface area contributed by atoms with Crippen molar-refractivity contribution in [2.45, 2.75) is 56.5 Å². The standard InChI is InChI=1S/C10F17I/c11-1-2(12,5(17,18)7(21,22)6(19,20)3(1,13)14)10(27,28)9(25,26)8(23,24)4(1,15)16. The third-order valence-corrected chi connectivity index (χ3v) is 5.99. The number of halogens is 18. The zero-order chi connectivity index (χ0) is 23.0. The number of alkyl halides is 18. The quantitative estimate of drug-likeness (QED) is 0.191. The Bertz CT molecular complexity index is 593. The summed E-state index contributed by atoms with van der Waals surface area (Å²) in [5, 5.41) is 0. The van der Waals surface area contributed by atoms with Gasteiger partial charge in [-0.2, -0.15) is 61.5 Å². The molecule has 0 aliphatic heterocycles. The van der Waals surface area contributed by atoms with Crippen LogP contribution < -0.4 is 0 Å². The normalized spacial score (nSPS) is 46.5. The highest BCUT2D eigenvalue weighted by atomic mass is 127. The van der Waals surface area contributed by atoms with E-state index in [-0.39, 0.29) is 0 Å². The summed E-state index contributed by atoms with van der Waals surface area (Å²) >= 11 is -1.33. The summed E-state index contributed by atoms with van der Waals surface area (Å²) in [5.74, 6) is -56.1. The predicted octanol–water partition coefficient (Wildman–Crippen LogP) is 5.98. The van der Waals surface area contributed by atoms with Crippen molar-refractivity contribution in [1.29, 1.82) is 0 Å². The Hall–Kier alpha value is -0.460. The fourth-order valence-electron chi connectivity index (χ4n) is 2.91. The van der Waals surface area contributed by atoms with Crippen molar-refractivity contribution in [3.63, 3.8) is 0 Å². The van der Waals surface area contributed by atoms with Gasteiger partial charge in [0, 0.05) is 0 Å². The second kappa shape index (κ2) is 4.88. The van der Waals surface area contributed by atoms with Crippen LogP contribution in [0.4, 0.5) is 74.6 Å². The van der Waals surface area contributed by atoms with Crippen LogP contribution in [0.2, 0.25) is 0 Å². The van der Waals surface area contributed by atoms with Gasteiger partial charge in [-0.1, -0.05) is 0 Å². The molecule has 2 saturated carbocycles. The van der Waals surface area contributed by atoms with E-state index in [1.165, 1.54) is 0 Å². The molecule has 166 valence electrons. The molecule has 2 aliphatic rings. The van der Waals surface area contributed by atoms with Gasteiger partial charge in [-0.15, -0.1) is 0 Å². The van der Waals surface area contributed by atoms with Crippen LogP contribution >= 0.6 is 22.6 Å². The average molecular weight is 570 g/mol. The summed E-state index contributed by atoms with van der Waals surface area (Å²) < 4.78 is 224. The molecule has 0 N–H and O–H groups in total. The van der Waals surface area contributed by atoms with Gasteiger partial charge in [0.2, 0.25) is 0 Å². The third kappa shape index (κ3) is 1.58. The van der Waals surface area contributed by atoms with E-state index in [0.717, 1.165) is 0 Å². The lowest BCUT2D eigenvalue weighted by Gasteiger charge is -2.64. The van der Waals surface area contributed by atoms with Gasteiger partial charge >= 0.3 is 41.5 Å². The van der Waals surface area contributed by atoms with Crippen molar-refractivity contribution in [1.82, 2.24) is 0 Å². The second-order valence-corrected chi connectivity index (χ2v) is 7.40. The van der Waals surface area contributed by atoms with Crippen molar-refractivity contribution >= 4 is 22.6 Å². The Morgan fingerprint density at radius 1 is 0.286 bits per heavy atom. The van der Waals surface area contributed by atoms with E-state index in [1.54, 1.807) is 0 Å². The molecule has 0 aromatic rings. The number of hydrogen-bond donors (Lipinski definition) is 0. The molecule has 0 aromatic heterocycles. The molecule has 0 amide bonds. The van der Waals surface area contributed by atoms with Crippen LogP contribution in [-0.2, 0) is 0 Å². The Balaban J connectivity index is 3.23. The third-order valence-electron chi connectivity index (χ3n) is 4.57. The Kier molecular flexibility index (Phi) is 4.15. The zero-order valence-electron chi connectivity index (χ0n) is 11.8. The molecule has 3 atom stereocenters. The second-order valence-electron chi connectivity index (χ2n) is 5.91. The molecule has 0 radical (unpaired) electrons. The molecule has 18 heteroatoms. The first-order valence-electron chi connectivity index (χ1n) is 6.15. The van der Waals surface area contributed by atoms with Crippen LogP contribution in [0.1, 0.15) is 0 Å². The van der Waals surface area contributed by atoms with E-state index < -0.39 is 79.1 Å². The molecular formula is C10F17I. The summed E-state index contributed by atoms with van der Waals surface area (Å²) in [6, 6.07) is 0. The fourth-order valence-corrected chi connectivity index (χ4v) is 3.96. The number of rotatable bonds is 0. The van der Waals surface area contributed by atoms with E-state index in [4.69, 9.17) is 0 Å². The molecule has 2 rings (SSSR count). The first-order chi connectivity index (χ1) is 11.8. The lowest BCUT2D eigenvalue weighted by molar-refractivity contribution is -0.535. The van der Waals surface area contributed by atoms with E-state index in [0.29, 0.717) is 0 Å². The van der Waals surface area contributed by atoms with Crippen molar-refractivity contribution in [3.05, 3.63) is 0 Å². The summed E-state index contributed by atoms with van der Waals surface area (Å²) in [6.45, 7) is 0. The topological polar surface area (TPSA) is 0 Å². The lowest BCUT2D eigenvalue weighted by Crippen LogP contribution is -2.98. The Morgan fingerprint density at radius 3 is 0.786 bits per heavy atom. The maximum atomic E-state index is 14.5. The molecule has 28 heavy (non-hydrogen) atoms. The van der Waals surface area contributed by atoms with E-state index >= 15 is 0 Å². The smallest absolute Gasteiger partial charge is 0.228 e. The van der Waals surface area contributed by atoms with Gasteiger partial charge in [0.1, 0.15) is 0 Å². The van der Waals surface area contributed by atoms with Crippen LogP contribution in [0.25, 0.3) is 0 Å². The van der Waals surface area contributed by atoms with Gasteiger partial charge in [0.05, 0.1) is 0 Å². The first kappa shape index (κ1) is 23.8. The molecular weight excluding hydrogens is 570 g/mol. The largest absolute Gasteiger partial charge is 0.382 e. The average Bonchev–Trinajstić information content (AvgIpc) is 2.49. The van der Waals surface area contributed by atoms with E-state index in [2.05, 4.69) is 0 Å². The Labute approximate surface area is 154 Å². The van der Waals surface area contributed by atoms with Crippen molar-refractivity contribution < 1.29 is 74.6 Å². The SMILES string of the molecule is FC1(F)C(F)(F)C(F)(F)C2(F)C(F)(I)C(F)(F)C(F)(F)C(F)(F)C2(F)C1(F)F. The number of fused-ring (bicyclic) bond motifs is 1. The molecule has 0 aromatic carbocycles. The molecule has 3 unspecified atom stereocenters. The van der Waals surface area contributed by atoms with Crippen LogP contribution in [-0.4, -0.2) is 56.5 Å². The predicted molar refractivity (Wildman–Crippen MR) is 60.2 cm³/mol. The van der Waals surface area contributed by atoms with Crippen LogP contribution in [0.3, 0.4) is 0 Å². The first-order valence-corrected chi connectivity index (χ1v) is 7.23. The van der Waals surface area contributed by atoms with Gasteiger partial charge in [0.25, 0.3) is 15.0 Å². The Morgan fingerprint density at radius 2 is 0.500 bits per heavy atom. The zero-order valence-corrected chi connectivity index (χ0v) is 14.0. The minimum atomic E-state index is -8.28. The highest BCUT2D eigenvalue weighted by molar-refractivity contribution is 14.1. The monoisotopic (exact) mass is 570 g/mol. The molecule has 0 bridgehead atoms. The molecule has 0 nitrogen and oxygen atoms in total. The fraction of sp³-hybridized carbons (Fsp3) is 1.00. The molecule has 0 spiro atoms. The molecule has 2 aliphatic carbocycles. The van der Waals surface area contributed by atoms with Gasteiger partial charge < -0.3 is 0 Å². The minimum absolute atomic E-state index is 1.33. The maximum Gasteiger partial charge on any atom is 0.382 e. The van der Waals surface area contributed by atoms with Crippen molar-refractivity contribution in [3.8, 4) is 0 Å². The van der Waals surface area contributed by atoms with E-state index in [9.17, 15) is 74.6 Å². The van der Waals surface area contributed by atoms with Crippen LogP contribution in [0, 0.1) is 0 Å². The minimum Gasteiger partial charge on any atom is -0.228 e. The summed E-state index contributed by atoms with van der Waals surface area (Å²) in [4.78, 5) is 0. The summed E-state index contributed by atoms with van der Waals surface area (Å²) in [7, 11) is 0. The van der Waals surface area contributed by atoms with Gasteiger partial charge in [-0.05, 0) is 22.6 Å². The van der Waals surface area contributed by atoms with Gasteiger partial charge in [-0.3, -0.25) is 0 Å². The number of hydrogen-bond acceptors (Lipinski definition) is 0. The van der Waals surface area contributed by atoms with Gasteiger partial charge in [0.15, 0.2) is 0 Å². The van der Waals surface area contributed by atoms with E-state index in [1.807, 2.05) is 0 Å². The molecule has 0 saturated heterocycles. The highest BCUT2D eigenvalue weighted by Crippen LogP contribution is 2.81. The lowest BCUT2D eigenvalue weighted by atomic mass is 9.55. The summed E-state index contributed by atoms with van der Waals surface area (Å²) in [6.07, 6.45) is 0. The maximum absolute atomic E-state index is 14.5. The van der Waals surface area contributed by atoms with Gasteiger partial charge in [-0.25, -0.2) is 13.2 Å². The highest BCUT2D eigenvalue weighted by Gasteiger charge is 3.14. The van der Waals surface area contributed by atoms with Crippen molar-refractivity contribution in [2.24, 2.45) is 0 Å². The summed E-state index contributed by atoms with van der Waals surface area (Å²) in [5.41, 5.74) is -16.3. The molecule has 0 heterocycles. The van der Waals surface area contributed by atoms with Crippen LogP contribution in [0.15, 0.2) is 0 Å². The molecule has 2 fully saturated rings. The van der Waals surface area contributed by atoms with Crippen LogP contribution in [0.5, 0.6) is 0 Å².